The first-order valence-electron chi connectivity index (χ1n) is 12.6. The van der Waals surface area contributed by atoms with Crippen LogP contribution in [0.3, 0.4) is 0 Å². The van der Waals surface area contributed by atoms with Crippen molar-refractivity contribution in [3.63, 3.8) is 0 Å². The van der Waals surface area contributed by atoms with E-state index >= 15 is 0 Å². The zero-order chi connectivity index (χ0) is 24.7. The van der Waals surface area contributed by atoms with Crippen molar-refractivity contribution in [2.75, 3.05) is 26.3 Å². The van der Waals surface area contributed by atoms with Crippen LogP contribution in [0.5, 0.6) is 0 Å². The summed E-state index contributed by atoms with van der Waals surface area (Å²) >= 11 is 0. The van der Waals surface area contributed by atoms with Crippen molar-refractivity contribution in [1.29, 1.82) is 0 Å². The third kappa shape index (κ3) is 5.16. The molecular formula is C31H31N3O2. The van der Waals surface area contributed by atoms with Gasteiger partial charge >= 0.3 is 0 Å². The fourth-order valence-electron chi connectivity index (χ4n) is 4.70. The lowest BCUT2D eigenvalue weighted by molar-refractivity contribution is 0.0673. The quantitative estimate of drug-likeness (QED) is 0.135. The second-order valence-corrected chi connectivity index (χ2v) is 8.87. The Hall–Kier alpha value is -3.96. The number of hydrogen-bond donors (Lipinski definition) is 0. The van der Waals surface area contributed by atoms with Crippen LogP contribution in [-0.2, 0) is 11.3 Å². The second-order valence-electron chi connectivity index (χ2n) is 8.87. The largest absolute Gasteiger partial charge is 0.378 e. The van der Waals surface area contributed by atoms with Crippen LogP contribution in [0.15, 0.2) is 96.0 Å². The first-order chi connectivity index (χ1) is 17.7. The molecule has 0 N–H and O–H groups in total. The maximum atomic E-state index is 12.9. The summed E-state index contributed by atoms with van der Waals surface area (Å²) in [5.41, 5.74) is 3.94. The highest BCUT2D eigenvalue weighted by Gasteiger charge is 2.19. The van der Waals surface area contributed by atoms with Gasteiger partial charge in [-0.15, -0.1) is 0 Å². The van der Waals surface area contributed by atoms with Gasteiger partial charge in [-0.2, -0.15) is 0 Å². The minimum Gasteiger partial charge on any atom is -0.378 e. The second kappa shape index (κ2) is 11.2. The summed E-state index contributed by atoms with van der Waals surface area (Å²) in [6.07, 6.45) is 4.42. The van der Waals surface area contributed by atoms with Gasteiger partial charge in [-0.1, -0.05) is 85.8 Å². The van der Waals surface area contributed by atoms with Gasteiger partial charge < -0.3 is 14.2 Å². The lowest BCUT2D eigenvalue weighted by Gasteiger charge is -2.29. The fourth-order valence-corrected chi connectivity index (χ4v) is 4.70. The highest BCUT2D eigenvalue weighted by molar-refractivity contribution is 6.09. The average Bonchev–Trinajstić information content (AvgIpc) is 3.23. The van der Waals surface area contributed by atoms with Crippen LogP contribution in [0.4, 0.5) is 5.82 Å². The molecule has 0 bridgehead atoms. The minimum atomic E-state index is -0.0192. The predicted molar refractivity (Wildman–Crippen MR) is 147 cm³/mol. The van der Waals surface area contributed by atoms with Gasteiger partial charge in [0.1, 0.15) is 11.7 Å². The summed E-state index contributed by atoms with van der Waals surface area (Å²) in [5.74, 6) is 1.90. The number of allylic oxidation sites excluding steroid dienone is 1. The number of hydrogen-bond acceptors (Lipinski definition) is 3. The molecule has 4 aromatic rings. The number of aliphatic imine (C=N–C) groups is 1. The summed E-state index contributed by atoms with van der Waals surface area (Å²) < 4.78 is 7.85. The molecule has 0 aliphatic carbocycles. The molecule has 1 fully saturated rings. The summed E-state index contributed by atoms with van der Waals surface area (Å²) in [5, 5.41) is 1.08. The van der Waals surface area contributed by atoms with E-state index in [0.29, 0.717) is 25.3 Å². The topological polar surface area (TPSA) is 46.8 Å². The van der Waals surface area contributed by atoms with Crippen LogP contribution in [0.25, 0.3) is 17.0 Å². The van der Waals surface area contributed by atoms with Crippen LogP contribution in [0.2, 0.25) is 0 Å². The molecule has 5 nitrogen and oxygen atoms in total. The summed E-state index contributed by atoms with van der Waals surface area (Å²) in [4.78, 5) is 20.5. The van der Waals surface area contributed by atoms with Gasteiger partial charge in [0.2, 0.25) is 0 Å². The molecule has 2 heterocycles. The summed E-state index contributed by atoms with van der Waals surface area (Å²) in [6, 6.07) is 28.2. The van der Waals surface area contributed by atoms with Crippen LogP contribution in [0, 0.1) is 0 Å². The average molecular weight is 478 g/mol. The van der Waals surface area contributed by atoms with Gasteiger partial charge in [-0.05, 0) is 23.8 Å². The van der Waals surface area contributed by atoms with E-state index in [0.717, 1.165) is 47.6 Å². The van der Waals surface area contributed by atoms with Crippen LogP contribution < -0.4 is 0 Å². The molecule has 1 aliphatic rings. The third-order valence-electron chi connectivity index (χ3n) is 6.55. The fraction of sp³-hybridized carbons (Fsp3) is 0.226. The first kappa shape index (κ1) is 23.8. The molecule has 1 saturated heterocycles. The first-order valence-corrected chi connectivity index (χ1v) is 12.6. The lowest BCUT2D eigenvalue weighted by atomic mass is 10.1. The molecule has 0 atom stereocenters. The van der Waals surface area contributed by atoms with Gasteiger partial charge in [-0.3, -0.25) is 4.79 Å². The number of morpholine rings is 1. The number of ether oxygens (including phenoxy) is 1. The monoisotopic (exact) mass is 477 g/mol. The maximum absolute atomic E-state index is 12.9. The van der Waals surface area contributed by atoms with Crippen molar-refractivity contribution in [3.05, 3.63) is 108 Å². The highest BCUT2D eigenvalue weighted by Crippen LogP contribution is 2.35. The molecule has 1 aliphatic heterocycles. The zero-order valence-corrected chi connectivity index (χ0v) is 20.6. The van der Waals surface area contributed by atoms with E-state index in [-0.39, 0.29) is 5.78 Å². The van der Waals surface area contributed by atoms with Gasteiger partial charge in [0.15, 0.2) is 5.78 Å². The Morgan fingerprint density at radius 1 is 0.917 bits per heavy atom. The zero-order valence-electron chi connectivity index (χ0n) is 20.6. The number of benzene rings is 3. The van der Waals surface area contributed by atoms with Crippen molar-refractivity contribution in [3.8, 4) is 0 Å². The van der Waals surface area contributed by atoms with E-state index in [2.05, 4.69) is 58.9 Å². The number of fused-ring (bicyclic) bond motifs is 1. The Bertz CT molecular complexity index is 1380. The van der Waals surface area contributed by atoms with Crippen molar-refractivity contribution < 1.29 is 9.53 Å². The Morgan fingerprint density at radius 3 is 2.31 bits per heavy atom. The van der Waals surface area contributed by atoms with E-state index in [9.17, 15) is 4.79 Å². The number of amidine groups is 1. The van der Waals surface area contributed by atoms with Gasteiger partial charge in [0, 0.05) is 42.6 Å². The molecule has 0 unspecified atom stereocenters. The van der Waals surface area contributed by atoms with Crippen molar-refractivity contribution >= 4 is 34.4 Å². The van der Waals surface area contributed by atoms with Gasteiger partial charge in [-0.25, -0.2) is 4.99 Å². The third-order valence-corrected chi connectivity index (χ3v) is 6.55. The Labute approximate surface area is 212 Å². The van der Waals surface area contributed by atoms with Crippen LogP contribution in [0.1, 0.15) is 34.8 Å². The van der Waals surface area contributed by atoms with Gasteiger partial charge in [0.05, 0.1) is 18.7 Å². The number of rotatable bonds is 7. The number of aromatic nitrogens is 1. The van der Waals surface area contributed by atoms with Crippen molar-refractivity contribution in [1.82, 2.24) is 9.47 Å². The Balaban J connectivity index is 1.65. The number of ketones is 1. The molecule has 182 valence electrons. The molecule has 3 aromatic carbocycles. The van der Waals surface area contributed by atoms with Gasteiger partial charge in [0.25, 0.3) is 0 Å². The maximum Gasteiger partial charge on any atom is 0.185 e. The SMILES string of the molecule is CC/C(=N\c1c(/C=C/C(=O)c2ccccc2)c2ccccc2n1Cc1ccccc1)N1CCOCC1. The molecule has 5 heteroatoms. The van der Waals surface area contributed by atoms with Crippen LogP contribution >= 0.6 is 0 Å². The predicted octanol–water partition coefficient (Wildman–Crippen LogP) is 6.36. The Morgan fingerprint density at radius 2 is 1.58 bits per heavy atom. The molecular weight excluding hydrogens is 446 g/mol. The van der Waals surface area contributed by atoms with E-state index < -0.39 is 0 Å². The van der Waals surface area contributed by atoms with Crippen molar-refractivity contribution in [2.45, 2.75) is 19.9 Å². The molecule has 0 saturated carbocycles. The smallest absolute Gasteiger partial charge is 0.185 e. The highest BCUT2D eigenvalue weighted by atomic mass is 16.5. The molecule has 36 heavy (non-hydrogen) atoms. The molecule has 1 aromatic heterocycles. The Kier molecular flexibility index (Phi) is 7.39. The molecule has 0 amide bonds. The van der Waals surface area contributed by atoms with E-state index in [1.54, 1.807) is 6.08 Å². The number of carbonyl (C=O) groups is 1. The normalized spacial score (nSPS) is 14.6. The lowest BCUT2D eigenvalue weighted by Crippen LogP contribution is -2.40. The van der Waals surface area contributed by atoms with E-state index in [1.165, 1.54) is 5.56 Å². The van der Waals surface area contributed by atoms with Crippen molar-refractivity contribution in [2.24, 2.45) is 4.99 Å². The van der Waals surface area contributed by atoms with E-state index in [1.807, 2.05) is 48.5 Å². The van der Waals surface area contributed by atoms with E-state index in [4.69, 9.17) is 9.73 Å². The molecule has 0 radical (unpaired) electrons. The standard InChI is InChI=1S/C31H31N3O2/c1-2-30(33-19-21-36-22-20-33)32-31-27(17-18-29(35)25-13-7-4-8-14-25)26-15-9-10-16-28(26)34(31)23-24-11-5-3-6-12-24/h3-18H,2,19-23H2,1H3/b18-17+,32-30+. The summed E-state index contributed by atoms with van der Waals surface area (Å²) in [7, 11) is 0. The number of nitrogens with zero attached hydrogens (tertiary/aromatic N) is 3. The minimum absolute atomic E-state index is 0.0192. The number of carbonyl (C=O) groups excluding carboxylic acids is 1. The molecule has 0 spiro atoms. The molecule has 5 rings (SSSR count). The summed E-state index contributed by atoms with van der Waals surface area (Å²) in [6.45, 7) is 5.94. The van der Waals surface area contributed by atoms with Crippen LogP contribution in [-0.4, -0.2) is 47.4 Å². The number of para-hydroxylation sites is 1.